The highest BCUT2D eigenvalue weighted by Gasteiger charge is 1.91. The molecule has 8 heteroatoms. The van der Waals surface area contributed by atoms with Crippen molar-refractivity contribution in [2.45, 2.75) is 0 Å². The maximum absolute atomic E-state index is 4.93. The summed E-state index contributed by atoms with van der Waals surface area (Å²) in [6.45, 7) is 0.796. The molecule has 8 nitrogen and oxygen atoms in total. The fourth-order valence-corrected chi connectivity index (χ4v) is 0.665. The molecule has 0 aromatic heterocycles. The second-order valence-electron chi connectivity index (χ2n) is 2.63. The van der Waals surface area contributed by atoms with Crippen molar-refractivity contribution in [1.29, 1.82) is 0 Å². The van der Waals surface area contributed by atoms with E-state index in [-0.39, 0.29) is 47.6 Å². The lowest BCUT2D eigenvalue weighted by Gasteiger charge is -2.07. The molecule has 0 aliphatic carbocycles. The van der Waals surface area contributed by atoms with Gasteiger partial charge in [-0.1, -0.05) is 0 Å². The molecule has 0 rings (SSSR count). The Labute approximate surface area is 101 Å². The van der Waals surface area contributed by atoms with Crippen molar-refractivity contribution in [3.63, 3.8) is 0 Å². The maximum Gasteiger partial charge on any atom is 0.152 e. The minimum Gasteiger partial charge on any atom is -0.359 e. The third-order valence-corrected chi connectivity index (χ3v) is 1.24. The average molecular weight is 256 g/mol. The van der Waals surface area contributed by atoms with Crippen molar-refractivity contribution < 1.29 is 37.9 Å². The highest BCUT2D eigenvalue weighted by Crippen LogP contribution is 1.85. The van der Waals surface area contributed by atoms with E-state index in [0.717, 1.165) is 0 Å². The van der Waals surface area contributed by atoms with Gasteiger partial charge in [0.25, 0.3) is 0 Å². The van der Waals surface area contributed by atoms with E-state index < -0.39 is 0 Å². The highest BCUT2D eigenvalue weighted by atomic mass is 16.8. The first kappa shape index (κ1) is 16.7. The van der Waals surface area contributed by atoms with Crippen LogP contribution in [-0.4, -0.2) is 61.8 Å². The number of hydrogen-bond donors (Lipinski definition) is 0. The van der Waals surface area contributed by atoms with Crippen LogP contribution < -0.4 is 0 Å². The number of ether oxygens (including phenoxy) is 8. The van der Waals surface area contributed by atoms with Crippen molar-refractivity contribution in [3.05, 3.63) is 0 Å². The van der Waals surface area contributed by atoms with Crippen LogP contribution in [0.25, 0.3) is 0 Å². The van der Waals surface area contributed by atoms with E-state index >= 15 is 0 Å². The Morgan fingerprint density at radius 2 is 0.647 bits per heavy atom. The fourth-order valence-electron chi connectivity index (χ4n) is 0.665. The van der Waals surface area contributed by atoms with Crippen molar-refractivity contribution in [1.82, 2.24) is 0 Å². The lowest BCUT2D eigenvalue weighted by atomic mass is 11.2. The van der Waals surface area contributed by atoms with Crippen LogP contribution in [0.3, 0.4) is 0 Å². The molecule has 0 aliphatic rings. The van der Waals surface area contributed by atoms with Gasteiger partial charge >= 0.3 is 0 Å². The summed E-state index contributed by atoms with van der Waals surface area (Å²) in [6.07, 6.45) is 0. The molecule has 0 N–H and O–H groups in total. The molecular formula is C9H20O8. The van der Waals surface area contributed by atoms with E-state index in [1.54, 1.807) is 0 Å². The van der Waals surface area contributed by atoms with E-state index in [1.807, 2.05) is 0 Å². The molecule has 0 aromatic rings. The molecule has 0 bridgehead atoms. The quantitative estimate of drug-likeness (QED) is 0.319. The first-order valence-corrected chi connectivity index (χ1v) is 4.86. The minimum atomic E-state index is 0.0640. The Hall–Kier alpha value is -0.320. The Morgan fingerprint density at radius 1 is 0.412 bits per heavy atom. The van der Waals surface area contributed by atoms with Gasteiger partial charge in [-0.3, -0.25) is 0 Å². The molecule has 0 radical (unpaired) electrons. The molecule has 0 heterocycles. The molecule has 104 valence electrons. The third kappa shape index (κ3) is 15.7. The van der Waals surface area contributed by atoms with Crippen LogP contribution >= 0.6 is 0 Å². The summed E-state index contributed by atoms with van der Waals surface area (Å²) in [5, 5.41) is 0. The van der Waals surface area contributed by atoms with Crippen LogP contribution in [0.1, 0.15) is 0 Å². The van der Waals surface area contributed by atoms with Crippen molar-refractivity contribution in [2.24, 2.45) is 0 Å². The van der Waals surface area contributed by atoms with Crippen molar-refractivity contribution in [3.8, 4) is 0 Å². The zero-order valence-electron chi connectivity index (χ0n) is 10.2. The van der Waals surface area contributed by atoms with Gasteiger partial charge < -0.3 is 37.9 Å². The topological polar surface area (TPSA) is 73.8 Å². The van der Waals surface area contributed by atoms with Crippen LogP contribution in [0.15, 0.2) is 0 Å². The summed E-state index contributed by atoms with van der Waals surface area (Å²) in [4.78, 5) is 0. The summed E-state index contributed by atoms with van der Waals surface area (Å²) >= 11 is 0. The minimum absolute atomic E-state index is 0.0640. The lowest BCUT2D eigenvalue weighted by molar-refractivity contribution is -0.219. The van der Waals surface area contributed by atoms with Gasteiger partial charge in [0.1, 0.15) is 13.6 Å². The summed E-state index contributed by atoms with van der Waals surface area (Å²) in [5.74, 6) is 0. The largest absolute Gasteiger partial charge is 0.359 e. The predicted octanol–water partition coefficient (Wildman–Crippen LogP) is 0.0813. The summed E-state index contributed by atoms with van der Waals surface area (Å²) in [7, 11) is 3.06. The van der Waals surface area contributed by atoms with Gasteiger partial charge in [-0.05, 0) is 0 Å². The normalized spacial score (nSPS) is 10.9. The second-order valence-corrected chi connectivity index (χ2v) is 2.63. The molecule has 0 spiro atoms. The van der Waals surface area contributed by atoms with Gasteiger partial charge in [-0.15, -0.1) is 0 Å². The van der Waals surface area contributed by atoms with E-state index in [9.17, 15) is 0 Å². The Kier molecular flexibility index (Phi) is 15.4. The smallest absolute Gasteiger partial charge is 0.152 e. The molecule has 0 saturated heterocycles. The molecule has 0 aliphatic heterocycles. The van der Waals surface area contributed by atoms with Crippen LogP contribution in [-0.2, 0) is 37.9 Å². The number of hydrogen-bond acceptors (Lipinski definition) is 8. The zero-order valence-corrected chi connectivity index (χ0v) is 10.2. The van der Waals surface area contributed by atoms with E-state index in [2.05, 4.69) is 9.47 Å². The number of methoxy groups -OCH3 is 2. The van der Waals surface area contributed by atoms with Crippen LogP contribution in [0, 0.1) is 0 Å². The second kappa shape index (κ2) is 15.7. The van der Waals surface area contributed by atoms with E-state index in [1.165, 1.54) is 14.2 Å². The molecule has 0 aromatic carbocycles. The Balaban J connectivity index is 2.85. The first-order valence-electron chi connectivity index (χ1n) is 4.86. The lowest BCUT2D eigenvalue weighted by Crippen LogP contribution is -2.11. The van der Waals surface area contributed by atoms with Crippen molar-refractivity contribution in [2.75, 3.05) is 61.8 Å². The van der Waals surface area contributed by atoms with Crippen LogP contribution in [0.5, 0.6) is 0 Å². The predicted molar refractivity (Wildman–Crippen MR) is 54.6 cm³/mol. The van der Waals surface area contributed by atoms with Gasteiger partial charge in [0, 0.05) is 14.2 Å². The molecule has 0 unspecified atom stereocenters. The van der Waals surface area contributed by atoms with E-state index in [0.29, 0.717) is 0 Å². The molecule has 0 saturated carbocycles. The highest BCUT2D eigenvalue weighted by molar-refractivity contribution is 4.07. The van der Waals surface area contributed by atoms with Gasteiger partial charge in [0.2, 0.25) is 0 Å². The zero-order chi connectivity index (χ0) is 12.6. The third-order valence-electron chi connectivity index (χ3n) is 1.24. The molecule has 0 amide bonds. The Bertz CT molecular complexity index is 120. The van der Waals surface area contributed by atoms with Crippen LogP contribution in [0.2, 0.25) is 0 Å². The summed E-state index contributed by atoms with van der Waals surface area (Å²) < 4.78 is 38.6. The monoisotopic (exact) mass is 256 g/mol. The number of rotatable bonds is 14. The first-order chi connectivity index (χ1) is 8.41. The fraction of sp³-hybridized carbons (Fsp3) is 1.00. The molecule has 0 atom stereocenters. The van der Waals surface area contributed by atoms with Gasteiger partial charge in [0.15, 0.2) is 34.0 Å². The Morgan fingerprint density at radius 3 is 0.882 bits per heavy atom. The molecular weight excluding hydrogens is 236 g/mol. The summed E-state index contributed by atoms with van der Waals surface area (Å²) in [5.41, 5.74) is 0. The van der Waals surface area contributed by atoms with Gasteiger partial charge in [-0.2, -0.15) is 0 Å². The molecule has 17 heavy (non-hydrogen) atoms. The van der Waals surface area contributed by atoms with E-state index in [4.69, 9.17) is 28.4 Å². The SMILES string of the molecule is COCOCOCOCOCOCOCOC. The van der Waals surface area contributed by atoms with Gasteiger partial charge in [0.05, 0.1) is 0 Å². The van der Waals surface area contributed by atoms with Crippen molar-refractivity contribution >= 4 is 0 Å². The maximum atomic E-state index is 4.93. The molecule has 0 fully saturated rings. The standard InChI is InChI=1S/C9H20O8/c1-10-3-12-5-14-7-16-9-17-8-15-6-13-4-11-2/h3-9H2,1-2H3. The van der Waals surface area contributed by atoms with Gasteiger partial charge in [-0.25, -0.2) is 0 Å². The summed E-state index contributed by atoms with van der Waals surface area (Å²) in [6, 6.07) is 0. The van der Waals surface area contributed by atoms with Crippen LogP contribution in [0.4, 0.5) is 0 Å². The average Bonchev–Trinajstić information content (AvgIpc) is 2.35.